The molecule has 0 bridgehead atoms. The molecule has 1 aliphatic carbocycles. The molecule has 0 spiro atoms. The third kappa shape index (κ3) is 2.14. The van der Waals surface area contributed by atoms with Crippen LogP contribution in [0.1, 0.15) is 35.1 Å². The highest BCUT2D eigenvalue weighted by Crippen LogP contribution is 2.39. The second-order valence-electron chi connectivity index (χ2n) is 6.23. The van der Waals surface area contributed by atoms with Gasteiger partial charge in [-0.15, -0.1) is 0 Å². The minimum absolute atomic E-state index is 0.506. The lowest BCUT2D eigenvalue weighted by atomic mass is 9.77. The predicted molar refractivity (Wildman–Crippen MR) is 88.0 cm³/mol. The fraction of sp³-hybridized carbons (Fsp3) is 0.368. The molecule has 1 aliphatic heterocycles. The smallest absolute Gasteiger partial charge is 0.0414 e. The van der Waals surface area contributed by atoms with E-state index >= 15 is 0 Å². The number of nitrogens with one attached hydrogen (secondary N) is 1. The van der Waals surface area contributed by atoms with Gasteiger partial charge in [-0.3, -0.25) is 0 Å². The zero-order chi connectivity index (χ0) is 14.2. The zero-order valence-electron chi connectivity index (χ0n) is 12.5. The van der Waals surface area contributed by atoms with Crippen molar-refractivity contribution in [3.05, 3.63) is 65.2 Å². The summed E-state index contributed by atoms with van der Waals surface area (Å²) in [5, 5.41) is 3.45. The van der Waals surface area contributed by atoms with Crippen LogP contribution in [0.15, 0.2) is 48.5 Å². The summed E-state index contributed by atoms with van der Waals surface area (Å²) in [6.07, 6.45) is 2.44. The lowest BCUT2D eigenvalue weighted by molar-refractivity contribution is 0.494. The molecule has 2 heteroatoms. The fourth-order valence-corrected chi connectivity index (χ4v) is 3.91. The minimum Gasteiger partial charge on any atom is -0.371 e. The summed E-state index contributed by atoms with van der Waals surface area (Å²) in [6, 6.07) is 18.3. The Bertz CT molecular complexity index is 650. The van der Waals surface area contributed by atoms with Crippen LogP contribution in [0, 0.1) is 0 Å². The number of hydrogen-bond acceptors (Lipinski definition) is 2. The monoisotopic (exact) mass is 278 g/mol. The van der Waals surface area contributed by atoms with Crippen LogP contribution in [0.25, 0.3) is 0 Å². The molecule has 0 saturated heterocycles. The maximum absolute atomic E-state index is 3.45. The van der Waals surface area contributed by atoms with Crippen molar-refractivity contribution in [3.8, 4) is 0 Å². The van der Waals surface area contributed by atoms with Gasteiger partial charge in [0.1, 0.15) is 0 Å². The number of anilines is 1. The van der Waals surface area contributed by atoms with Gasteiger partial charge in [-0.1, -0.05) is 42.5 Å². The van der Waals surface area contributed by atoms with Crippen LogP contribution in [0.5, 0.6) is 0 Å². The first-order valence-electron chi connectivity index (χ1n) is 7.96. The summed E-state index contributed by atoms with van der Waals surface area (Å²) >= 11 is 0. The normalized spacial score (nSPS) is 23.2. The van der Waals surface area contributed by atoms with Gasteiger partial charge in [0.2, 0.25) is 0 Å². The average Bonchev–Trinajstić information content (AvgIpc) is 2.52. The largest absolute Gasteiger partial charge is 0.371 e. The van der Waals surface area contributed by atoms with E-state index in [1.165, 1.54) is 24.1 Å². The molecule has 2 unspecified atom stereocenters. The molecule has 108 valence electrons. The molecule has 2 aliphatic rings. The summed E-state index contributed by atoms with van der Waals surface area (Å²) in [4.78, 5) is 2.59. The maximum atomic E-state index is 3.45. The number of nitrogens with zero attached hydrogens (tertiary/aromatic N) is 1. The Morgan fingerprint density at radius 1 is 1.05 bits per heavy atom. The van der Waals surface area contributed by atoms with E-state index in [0.717, 1.165) is 13.1 Å². The summed E-state index contributed by atoms with van der Waals surface area (Å²) in [6.45, 7) is 2.31. The summed E-state index contributed by atoms with van der Waals surface area (Å²) in [7, 11) is 2.07. The Labute approximate surface area is 126 Å². The van der Waals surface area contributed by atoms with Gasteiger partial charge in [-0.25, -0.2) is 0 Å². The Morgan fingerprint density at radius 2 is 1.81 bits per heavy atom. The molecule has 2 atom stereocenters. The Hall–Kier alpha value is -1.80. The highest BCUT2D eigenvalue weighted by atomic mass is 15.2. The number of hydrogen-bond donors (Lipinski definition) is 1. The second kappa shape index (κ2) is 5.19. The molecule has 21 heavy (non-hydrogen) atoms. The molecule has 0 amide bonds. The van der Waals surface area contributed by atoms with Crippen molar-refractivity contribution in [2.24, 2.45) is 0 Å². The van der Waals surface area contributed by atoms with Crippen molar-refractivity contribution in [1.82, 2.24) is 5.32 Å². The van der Waals surface area contributed by atoms with E-state index in [4.69, 9.17) is 0 Å². The molecule has 2 aromatic carbocycles. The first kappa shape index (κ1) is 12.9. The SMILES string of the molecule is CNC1CCN(CC2Cc3ccccc32)c2ccccc21. The van der Waals surface area contributed by atoms with Gasteiger partial charge in [0.15, 0.2) is 0 Å². The van der Waals surface area contributed by atoms with Crippen LogP contribution in [0.2, 0.25) is 0 Å². The lowest BCUT2D eigenvalue weighted by Gasteiger charge is -2.40. The molecular weight excluding hydrogens is 256 g/mol. The molecular formula is C19H22N2. The Kier molecular flexibility index (Phi) is 3.19. The van der Waals surface area contributed by atoms with Crippen LogP contribution < -0.4 is 10.2 Å². The Balaban J connectivity index is 1.57. The third-order valence-corrected chi connectivity index (χ3v) is 5.09. The van der Waals surface area contributed by atoms with Gasteiger partial charge >= 0.3 is 0 Å². The van der Waals surface area contributed by atoms with Crippen molar-refractivity contribution in [2.75, 3.05) is 25.0 Å². The third-order valence-electron chi connectivity index (χ3n) is 5.09. The van der Waals surface area contributed by atoms with Crippen molar-refractivity contribution in [1.29, 1.82) is 0 Å². The maximum Gasteiger partial charge on any atom is 0.0414 e. The quantitative estimate of drug-likeness (QED) is 0.924. The summed E-state index contributed by atoms with van der Waals surface area (Å²) in [5.74, 6) is 0.709. The molecule has 2 aromatic rings. The second-order valence-corrected chi connectivity index (χ2v) is 6.23. The minimum atomic E-state index is 0.506. The zero-order valence-corrected chi connectivity index (χ0v) is 12.5. The topological polar surface area (TPSA) is 15.3 Å². The van der Waals surface area contributed by atoms with E-state index in [9.17, 15) is 0 Å². The van der Waals surface area contributed by atoms with Crippen LogP contribution in [-0.4, -0.2) is 20.1 Å². The van der Waals surface area contributed by atoms with E-state index < -0.39 is 0 Å². The molecule has 4 rings (SSSR count). The van der Waals surface area contributed by atoms with Crippen LogP contribution in [0.3, 0.4) is 0 Å². The van der Waals surface area contributed by atoms with Gasteiger partial charge in [0.25, 0.3) is 0 Å². The Morgan fingerprint density at radius 3 is 2.62 bits per heavy atom. The highest BCUT2D eigenvalue weighted by molar-refractivity contribution is 5.58. The molecule has 1 heterocycles. The van der Waals surface area contributed by atoms with Crippen molar-refractivity contribution in [2.45, 2.75) is 24.8 Å². The first-order chi connectivity index (χ1) is 10.4. The van der Waals surface area contributed by atoms with Crippen molar-refractivity contribution < 1.29 is 0 Å². The van der Waals surface area contributed by atoms with E-state index in [0.29, 0.717) is 12.0 Å². The van der Waals surface area contributed by atoms with Crippen LogP contribution >= 0.6 is 0 Å². The lowest BCUT2D eigenvalue weighted by Crippen LogP contribution is -2.39. The molecule has 0 fully saturated rings. The van der Waals surface area contributed by atoms with Crippen molar-refractivity contribution >= 4 is 5.69 Å². The molecule has 0 aromatic heterocycles. The van der Waals surface area contributed by atoms with E-state index in [1.54, 1.807) is 11.1 Å². The summed E-state index contributed by atoms with van der Waals surface area (Å²) < 4.78 is 0. The van der Waals surface area contributed by atoms with Gasteiger partial charge in [-0.05, 0) is 42.6 Å². The number of para-hydroxylation sites is 1. The van der Waals surface area contributed by atoms with Gasteiger partial charge in [0, 0.05) is 30.7 Å². The van der Waals surface area contributed by atoms with Crippen molar-refractivity contribution in [3.63, 3.8) is 0 Å². The molecule has 0 saturated carbocycles. The van der Waals surface area contributed by atoms with Gasteiger partial charge < -0.3 is 10.2 Å². The van der Waals surface area contributed by atoms with Crippen LogP contribution in [0.4, 0.5) is 5.69 Å². The molecule has 1 N–H and O–H groups in total. The van der Waals surface area contributed by atoms with E-state index in [-0.39, 0.29) is 0 Å². The van der Waals surface area contributed by atoms with Gasteiger partial charge in [0.05, 0.1) is 0 Å². The van der Waals surface area contributed by atoms with Crippen LogP contribution in [-0.2, 0) is 6.42 Å². The predicted octanol–water partition coefficient (Wildman–Crippen LogP) is 3.50. The number of fused-ring (bicyclic) bond motifs is 2. The van der Waals surface area contributed by atoms with Gasteiger partial charge in [-0.2, -0.15) is 0 Å². The molecule has 2 nitrogen and oxygen atoms in total. The standard InChI is InChI=1S/C19H22N2/c1-20-18-10-11-21(19-9-5-4-8-17(18)19)13-15-12-14-6-2-3-7-16(14)15/h2-9,15,18,20H,10-13H2,1H3. The van der Waals surface area contributed by atoms with E-state index in [1.807, 2.05) is 0 Å². The molecule has 0 radical (unpaired) electrons. The summed E-state index contributed by atoms with van der Waals surface area (Å²) in [5.41, 5.74) is 5.98. The fourth-order valence-electron chi connectivity index (χ4n) is 3.91. The number of benzene rings is 2. The average molecular weight is 278 g/mol. The van der Waals surface area contributed by atoms with E-state index in [2.05, 4.69) is 65.8 Å². The first-order valence-corrected chi connectivity index (χ1v) is 7.96. The highest BCUT2D eigenvalue weighted by Gasteiger charge is 2.30. The number of rotatable bonds is 3.